The molecule has 0 spiro atoms. The van der Waals surface area contributed by atoms with Crippen LogP contribution in [0.5, 0.6) is 0 Å². The van der Waals surface area contributed by atoms with Crippen LogP contribution in [0.4, 0.5) is 5.82 Å². The molecule has 0 saturated heterocycles. The number of rotatable bonds is 3. The second-order valence-electron chi connectivity index (χ2n) is 4.11. The topological polar surface area (TPSA) is 68.2 Å². The minimum Gasteiger partial charge on any atom is -0.444 e. The number of aryl methyl sites for hydroxylation is 1. The lowest BCUT2D eigenvalue weighted by Gasteiger charge is -2.11. The van der Waals surface area contributed by atoms with E-state index < -0.39 is 0 Å². The second kappa shape index (κ2) is 4.14. The van der Waals surface area contributed by atoms with Gasteiger partial charge in [-0.25, -0.2) is 14.5 Å². The van der Waals surface area contributed by atoms with E-state index in [4.69, 9.17) is 4.42 Å². The van der Waals surface area contributed by atoms with Crippen molar-refractivity contribution >= 4 is 11.3 Å². The number of anilines is 1. The number of aromatic nitrogens is 4. The Labute approximate surface area is 104 Å². The first-order valence-electron chi connectivity index (χ1n) is 5.71. The molecule has 0 saturated carbocycles. The summed E-state index contributed by atoms with van der Waals surface area (Å²) in [4.78, 5) is 8.51. The third kappa shape index (κ3) is 1.81. The first kappa shape index (κ1) is 10.8. The molecule has 3 aromatic rings. The van der Waals surface area contributed by atoms with Gasteiger partial charge in [0, 0.05) is 12.4 Å². The van der Waals surface area contributed by atoms with Crippen molar-refractivity contribution in [1.29, 1.82) is 0 Å². The lowest BCUT2D eigenvalue weighted by Crippen LogP contribution is -2.09. The van der Waals surface area contributed by atoms with Crippen molar-refractivity contribution in [3.8, 4) is 0 Å². The Hall–Kier alpha value is -2.37. The summed E-state index contributed by atoms with van der Waals surface area (Å²) in [5, 5.41) is 7.43. The molecule has 0 aromatic carbocycles. The summed E-state index contributed by atoms with van der Waals surface area (Å²) < 4.78 is 7.25. The van der Waals surface area contributed by atoms with Crippen LogP contribution in [0.15, 0.2) is 35.3 Å². The van der Waals surface area contributed by atoms with E-state index in [-0.39, 0.29) is 6.04 Å². The molecule has 3 aromatic heterocycles. The minimum atomic E-state index is -0.0488. The first-order chi connectivity index (χ1) is 8.74. The quantitative estimate of drug-likeness (QED) is 0.763. The third-order valence-electron chi connectivity index (χ3n) is 2.69. The zero-order valence-electron chi connectivity index (χ0n) is 10.2. The normalized spacial score (nSPS) is 12.8. The van der Waals surface area contributed by atoms with Crippen molar-refractivity contribution in [3.63, 3.8) is 0 Å². The van der Waals surface area contributed by atoms with E-state index in [2.05, 4.69) is 20.4 Å². The molecule has 3 heterocycles. The van der Waals surface area contributed by atoms with E-state index in [0.29, 0.717) is 5.89 Å². The zero-order chi connectivity index (χ0) is 12.5. The Morgan fingerprint density at radius 3 is 3.00 bits per heavy atom. The van der Waals surface area contributed by atoms with E-state index in [1.54, 1.807) is 29.3 Å². The molecule has 0 aliphatic rings. The van der Waals surface area contributed by atoms with Crippen LogP contribution in [0.25, 0.3) is 5.52 Å². The molecule has 1 N–H and O–H groups in total. The monoisotopic (exact) mass is 243 g/mol. The number of oxazole rings is 1. The molecule has 6 nitrogen and oxygen atoms in total. The average molecular weight is 243 g/mol. The van der Waals surface area contributed by atoms with Crippen LogP contribution >= 0.6 is 0 Å². The van der Waals surface area contributed by atoms with E-state index in [9.17, 15) is 0 Å². The molecule has 0 radical (unpaired) electrons. The van der Waals surface area contributed by atoms with Crippen molar-refractivity contribution in [1.82, 2.24) is 19.6 Å². The maximum absolute atomic E-state index is 5.49. The first-order valence-corrected chi connectivity index (χ1v) is 5.71. The highest BCUT2D eigenvalue weighted by atomic mass is 16.4. The van der Waals surface area contributed by atoms with Gasteiger partial charge in [-0.05, 0) is 19.9 Å². The summed E-state index contributed by atoms with van der Waals surface area (Å²) >= 11 is 0. The van der Waals surface area contributed by atoms with Gasteiger partial charge in [-0.2, -0.15) is 5.10 Å². The van der Waals surface area contributed by atoms with Gasteiger partial charge in [-0.1, -0.05) is 0 Å². The van der Waals surface area contributed by atoms with Gasteiger partial charge in [0.2, 0.25) is 5.89 Å². The molecule has 0 fully saturated rings. The molecule has 0 aliphatic carbocycles. The van der Waals surface area contributed by atoms with E-state index in [1.807, 2.05) is 19.9 Å². The molecule has 92 valence electrons. The number of hydrogen-bond donors (Lipinski definition) is 1. The van der Waals surface area contributed by atoms with Crippen molar-refractivity contribution in [2.24, 2.45) is 0 Å². The second-order valence-corrected chi connectivity index (χ2v) is 4.11. The van der Waals surface area contributed by atoms with Crippen LogP contribution in [0.2, 0.25) is 0 Å². The molecule has 1 atom stereocenters. The predicted octanol–water partition coefficient (Wildman–Crippen LogP) is 2.20. The van der Waals surface area contributed by atoms with Crippen LogP contribution in [0.1, 0.15) is 24.6 Å². The predicted molar refractivity (Wildman–Crippen MR) is 66.3 cm³/mol. The van der Waals surface area contributed by atoms with Crippen LogP contribution in [0, 0.1) is 6.92 Å². The summed E-state index contributed by atoms with van der Waals surface area (Å²) in [6.45, 7) is 3.85. The van der Waals surface area contributed by atoms with Gasteiger partial charge in [-0.3, -0.25) is 0 Å². The number of nitrogens with zero attached hydrogens (tertiary/aromatic N) is 4. The largest absolute Gasteiger partial charge is 0.444 e. The van der Waals surface area contributed by atoms with Crippen molar-refractivity contribution < 1.29 is 4.42 Å². The van der Waals surface area contributed by atoms with Gasteiger partial charge in [0.15, 0.2) is 5.82 Å². The average Bonchev–Trinajstić information content (AvgIpc) is 2.97. The van der Waals surface area contributed by atoms with Gasteiger partial charge in [-0.15, -0.1) is 0 Å². The molecule has 0 bridgehead atoms. The van der Waals surface area contributed by atoms with Crippen LogP contribution < -0.4 is 5.32 Å². The Morgan fingerprint density at radius 2 is 2.22 bits per heavy atom. The molecule has 0 amide bonds. The number of nitrogens with one attached hydrogen (secondary N) is 1. The Morgan fingerprint density at radius 1 is 1.33 bits per heavy atom. The van der Waals surface area contributed by atoms with Crippen molar-refractivity contribution in [2.75, 3.05) is 5.32 Å². The number of fused-ring (bicyclic) bond motifs is 1. The van der Waals surface area contributed by atoms with E-state index in [1.165, 1.54) is 0 Å². The van der Waals surface area contributed by atoms with Crippen LogP contribution in [0.3, 0.4) is 0 Å². The standard InChI is InChI=1S/C12H13N5O/c1-8-7-14-12(18-8)9(2)16-11-10-3-4-15-17(10)6-5-13-11/h3-7,9H,1-2H3,(H,13,16). The molecule has 3 rings (SSSR count). The highest BCUT2D eigenvalue weighted by Gasteiger charge is 2.13. The molecule has 0 aliphatic heterocycles. The third-order valence-corrected chi connectivity index (χ3v) is 2.69. The number of hydrogen-bond acceptors (Lipinski definition) is 5. The van der Waals surface area contributed by atoms with Crippen molar-refractivity contribution in [2.45, 2.75) is 19.9 Å². The van der Waals surface area contributed by atoms with Gasteiger partial charge in [0.25, 0.3) is 0 Å². The highest BCUT2D eigenvalue weighted by molar-refractivity contribution is 5.67. The van der Waals surface area contributed by atoms with Crippen LogP contribution in [-0.4, -0.2) is 19.6 Å². The molecule has 1 unspecified atom stereocenters. The molecular weight excluding hydrogens is 230 g/mol. The summed E-state index contributed by atoms with van der Waals surface area (Å²) in [5.74, 6) is 2.21. The fourth-order valence-electron chi connectivity index (χ4n) is 1.81. The fraction of sp³-hybridized carbons (Fsp3) is 0.250. The Kier molecular flexibility index (Phi) is 2.47. The fourth-order valence-corrected chi connectivity index (χ4v) is 1.81. The van der Waals surface area contributed by atoms with Crippen LogP contribution in [-0.2, 0) is 0 Å². The summed E-state index contributed by atoms with van der Waals surface area (Å²) in [7, 11) is 0. The van der Waals surface area contributed by atoms with Crippen molar-refractivity contribution in [3.05, 3.63) is 42.5 Å². The molecule has 6 heteroatoms. The highest BCUT2D eigenvalue weighted by Crippen LogP contribution is 2.20. The molecule has 18 heavy (non-hydrogen) atoms. The van der Waals surface area contributed by atoms with Gasteiger partial charge >= 0.3 is 0 Å². The van der Waals surface area contributed by atoms with Gasteiger partial charge in [0.1, 0.15) is 17.3 Å². The lowest BCUT2D eigenvalue weighted by molar-refractivity contribution is 0.453. The Bertz CT molecular complexity index is 672. The maximum atomic E-state index is 5.49. The SMILES string of the molecule is Cc1cnc(C(C)Nc2nccn3nccc23)o1. The smallest absolute Gasteiger partial charge is 0.216 e. The van der Waals surface area contributed by atoms with Gasteiger partial charge in [0.05, 0.1) is 12.4 Å². The van der Waals surface area contributed by atoms with Gasteiger partial charge < -0.3 is 9.73 Å². The summed E-state index contributed by atoms with van der Waals surface area (Å²) in [6, 6.07) is 1.86. The minimum absolute atomic E-state index is 0.0488. The summed E-state index contributed by atoms with van der Waals surface area (Å²) in [6.07, 6.45) is 6.96. The summed E-state index contributed by atoms with van der Waals surface area (Å²) in [5.41, 5.74) is 0.924. The van der Waals surface area contributed by atoms with E-state index >= 15 is 0 Å². The van der Waals surface area contributed by atoms with E-state index in [0.717, 1.165) is 17.1 Å². The molecular formula is C12H13N5O. The maximum Gasteiger partial charge on any atom is 0.216 e. The zero-order valence-corrected chi connectivity index (χ0v) is 10.2. The Balaban J connectivity index is 1.90. The lowest BCUT2D eigenvalue weighted by atomic mass is 10.3.